The molecule has 5 heteroatoms. The van der Waals surface area contributed by atoms with Crippen LogP contribution in [0, 0.1) is 10.1 Å². The maximum Gasteiger partial charge on any atom is 0.269 e. The number of hydrogen-bond acceptors (Lipinski definition) is 3. The minimum absolute atomic E-state index is 0.0199. The minimum Gasteiger partial charge on any atom is -0.335 e. The van der Waals surface area contributed by atoms with Gasteiger partial charge in [-0.15, -0.1) is 0 Å². The van der Waals surface area contributed by atoms with Gasteiger partial charge in [0.1, 0.15) is 0 Å². The standard InChI is InChI=1S/C22H20N2O3/c1-16(19-10-6-11-20(15-19)24(26)27)23(2)22(25)14-13-18-9-5-8-17-7-3-4-12-21(17)18/h3-16H,1-2H3/b14-13+. The van der Waals surface area contributed by atoms with Gasteiger partial charge in [0.15, 0.2) is 0 Å². The van der Waals surface area contributed by atoms with E-state index in [1.165, 1.54) is 18.2 Å². The molecule has 0 aliphatic carbocycles. The van der Waals surface area contributed by atoms with Crippen LogP contribution in [0.15, 0.2) is 72.8 Å². The first-order valence-electron chi connectivity index (χ1n) is 8.64. The van der Waals surface area contributed by atoms with E-state index in [-0.39, 0.29) is 17.6 Å². The van der Waals surface area contributed by atoms with E-state index in [0.29, 0.717) is 0 Å². The van der Waals surface area contributed by atoms with Gasteiger partial charge in [-0.1, -0.05) is 54.6 Å². The first-order valence-corrected chi connectivity index (χ1v) is 8.64. The SMILES string of the molecule is CC(c1cccc([N+](=O)[O-])c1)N(C)C(=O)/C=C/c1cccc2ccccc12. The number of hydrogen-bond donors (Lipinski definition) is 0. The molecule has 1 unspecified atom stereocenters. The number of carbonyl (C=O) groups excluding carboxylic acids is 1. The lowest BCUT2D eigenvalue weighted by molar-refractivity contribution is -0.384. The zero-order valence-corrected chi connectivity index (χ0v) is 15.2. The number of fused-ring (bicyclic) bond motifs is 1. The molecule has 1 atom stereocenters. The van der Waals surface area contributed by atoms with Crippen molar-refractivity contribution >= 4 is 28.4 Å². The summed E-state index contributed by atoms with van der Waals surface area (Å²) >= 11 is 0. The topological polar surface area (TPSA) is 63.5 Å². The Hall–Kier alpha value is -3.47. The molecule has 3 aromatic rings. The monoisotopic (exact) mass is 360 g/mol. The summed E-state index contributed by atoms with van der Waals surface area (Å²) in [6.45, 7) is 1.85. The van der Waals surface area contributed by atoms with E-state index in [2.05, 4.69) is 0 Å². The summed E-state index contributed by atoms with van der Waals surface area (Å²) in [7, 11) is 1.69. The number of nitrogens with zero attached hydrogens (tertiary/aromatic N) is 2. The number of amides is 1. The summed E-state index contributed by atoms with van der Waals surface area (Å²) in [5.41, 5.74) is 1.71. The molecule has 0 radical (unpaired) electrons. The highest BCUT2D eigenvalue weighted by Gasteiger charge is 2.17. The number of nitro benzene ring substituents is 1. The molecular formula is C22H20N2O3. The maximum absolute atomic E-state index is 12.6. The van der Waals surface area contributed by atoms with Crippen LogP contribution >= 0.6 is 0 Å². The van der Waals surface area contributed by atoms with Crippen molar-refractivity contribution in [2.75, 3.05) is 7.05 Å². The number of likely N-dealkylation sites (N-methyl/N-ethyl adjacent to an activating group) is 1. The molecule has 0 saturated heterocycles. The number of carbonyl (C=O) groups is 1. The lowest BCUT2D eigenvalue weighted by Gasteiger charge is -2.24. The Morgan fingerprint density at radius 3 is 2.56 bits per heavy atom. The van der Waals surface area contributed by atoms with Crippen molar-refractivity contribution < 1.29 is 9.72 Å². The number of rotatable bonds is 5. The van der Waals surface area contributed by atoms with Crippen LogP contribution in [0.4, 0.5) is 5.69 Å². The molecule has 5 nitrogen and oxygen atoms in total. The van der Waals surface area contributed by atoms with Gasteiger partial charge in [-0.3, -0.25) is 14.9 Å². The third-order valence-corrected chi connectivity index (χ3v) is 4.72. The van der Waals surface area contributed by atoms with Crippen molar-refractivity contribution in [3.63, 3.8) is 0 Å². The van der Waals surface area contributed by atoms with Gasteiger partial charge >= 0.3 is 0 Å². The van der Waals surface area contributed by atoms with E-state index < -0.39 is 4.92 Å². The Labute approximate surface area is 157 Å². The Bertz CT molecular complexity index is 1020. The molecule has 0 aliphatic heterocycles. The van der Waals surface area contributed by atoms with E-state index in [4.69, 9.17) is 0 Å². The van der Waals surface area contributed by atoms with Crippen molar-refractivity contribution in [2.45, 2.75) is 13.0 Å². The van der Waals surface area contributed by atoms with E-state index in [1.807, 2.05) is 49.4 Å². The van der Waals surface area contributed by atoms with Crippen LogP contribution in [-0.2, 0) is 4.79 Å². The summed E-state index contributed by atoms with van der Waals surface area (Å²) in [4.78, 5) is 24.7. The molecule has 0 saturated carbocycles. The van der Waals surface area contributed by atoms with Crippen molar-refractivity contribution in [2.24, 2.45) is 0 Å². The summed E-state index contributed by atoms with van der Waals surface area (Å²) < 4.78 is 0. The molecule has 0 spiro atoms. The smallest absolute Gasteiger partial charge is 0.269 e. The van der Waals surface area contributed by atoms with Crippen LogP contribution in [0.5, 0.6) is 0 Å². The van der Waals surface area contributed by atoms with Crippen LogP contribution in [0.3, 0.4) is 0 Å². The largest absolute Gasteiger partial charge is 0.335 e. The van der Waals surface area contributed by atoms with Crippen LogP contribution in [0.2, 0.25) is 0 Å². The Balaban J connectivity index is 1.79. The predicted octanol–water partition coefficient (Wildman–Crippen LogP) is 4.98. The van der Waals surface area contributed by atoms with Gasteiger partial charge < -0.3 is 4.90 Å². The molecule has 136 valence electrons. The van der Waals surface area contributed by atoms with Gasteiger partial charge in [0.25, 0.3) is 5.69 Å². The Kier molecular flexibility index (Phi) is 5.31. The maximum atomic E-state index is 12.6. The van der Waals surface area contributed by atoms with Gasteiger partial charge in [0.05, 0.1) is 11.0 Å². The molecule has 3 aromatic carbocycles. The van der Waals surface area contributed by atoms with Crippen LogP contribution in [-0.4, -0.2) is 22.8 Å². The first kappa shape index (κ1) is 18.3. The molecule has 27 heavy (non-hydrogen) atoms. The molecular weight excluding hydrogens is 340 g/mol. The van der Waals surface area contributed by atoms with Gasteiger partial charge in [-0.25, -0.2) is 0 Å². The lowest BCUT2D eigenvalue weighted by atomic mass is 10.0. The molecule has 3 rings (SSSR count). The van der Waals surface area contributed by atoms with Crippen LogP contribution < -0.4 is 0 Å². The highest BCUT2D eigenvalue weighted by molar-refractivity contribution is 5.96. The van der Waals surface area contributed by atoms with Crippen LogP contribution in [0.25, 0.3) is 16.8 Å². The van der Waals surface area contributed by atoms with E-state index >= 15 is 0 Å². The molecule has 0 fully saturated rings. The van der Waals surface area contributed by atoms with Gasteiger partial charge in [-0.2, -0.15) is 0 Å². The second kappa shape index (κ2) is 7.83. The fraction of sp³-hybridized carbons (Fsp3) is 0.136. The average Bonchev–Trinajstić information content (AvgIpc) is 2.70. The van der Waals surface area contributed by atoms with Crippen molar-refractivity contribution in [3.05, 3.63) is 94.0 Å². The average molecular weight is 360 g/mol. The molecule has 0 aromatic heterocycles. The third kappa shape index (κ3) is 4.03. The summed E-state index contributed by atoms with van der Waals surface area (Å²) in [6, 6.07) is 20.1. The highest BCUT2D eigenvalue weighted by atomic mass is 16.6. The van der Waals surface area contributed by atoms with Crippen LogP contribution in [0.1, 0.15) is 24.1 Å². The number of nitro groups is 1. The third-order valence-electron chi connectivity index (χ3n) is 4.72. The number of benzene rings is 3. The van der Waals surface area contributed by atoms with Crippen molar-refractivity contribution in [1.29, 1.82) is 0 Å². The molecule has 1 amide bonds. The van der Waals surface area contributed by atoms with Gasteiger partial charge in [-0.05, 0) is 34.9 Å². The normalized spacial score (nSPS) is 12.2. The fourth-order valence-electron chi connectivity index (χ4n) is 2.99. The van der Waals surface area contributed by atoms with E-state index in [1.54, 1.807) is 30.2 Å². The number of non-ortho nitro benzene ring substituents is 1. The Morgan fingerprint density at radius 1 is 1.07 bits per heavy atom. The molecule has 0 heterocycles. The second-order valence-corrected chi connectivity index (χ2v) is 6.38. The zero-order valence-electron chi connectivity index (χ0n) is 15.2. The van der Waals surface area contributed by atoms with Gasteiger partial charge in [0.2, 0.25) is 5.91 Å². The molecule has 0 N–H and O–H groups in total. The summed E-state index contributed by atoms with van der Waals surface area (Å²) in [6.07, 6.45) is 3.34. The minimum atomic E-state index is -0.432. The first-order chi connectivity index (χ1) is 13.0. The predicted molar refractivity (Wildman–Crippen MR) is 107 cm³/mol. The fourth-order valence-corrected chi connectivity index (χ4v) is 2.99. The summed E-state index contributed by atoms with van der Waals surface area (Å²) in [5, 5.41) is 13.2. The molecule has 0 bridgehead atoms. The summed E-state index contributed by atoms with van der Waals surface area (Å²) in [5.74, 6) is -0.165. The van der Waals surface area contributed by atoms with E-state index in [9.17, 15) is 14.9 Å². The van der Waals surface area contributed by atoms with Crippen molar-refractivity contribution in [1.82, 2.24) is 4.90 Å². The van der Waals surface area contributed by atoms with Crippen molar-refractivity contribution in [3.8, 4) is 0 Å². The van der Waals surface area contributed by atoms with E-state index in [0.717, 1.165) is 21.9 Å². The second-order valence-electron chi connectivity index (χ2n) is 6.38. The van der Waals surface area contributed by atoms with Gasteiger partial charge in [0, 0.05) is 25.3 Å². The molecule has 0 aliphatic rings. The zero-order chi connectivity index (χ0) is 19.4. The quantitative estimate of drug-likeness (QED) is 0.366. The highest BCUT2D eigenvalue weighted by Crippen LogP contribution is 2.24. The lowest BCUT2D eigenvalue weighted by Crippen LogP contribution is -2.28. The Morgan fingerprint density at radius 2 is 1.78 bits per heavy atom.